The zero-order chi connectivity index (χ0) is 14.5. The molecule has 2 fully saturated rings. The van der Waals surface area contributed by atoms with Gasteiger partial charge in [0.2, 0.25) is 5.91 Å². The van der Waals surface area contributed by atoms with Crippen LogP contribution in [0, 0.1) is 17.8 Å². The molecule has 1 heterocycles. The quantitative estimate of drug-likeness (QED) is 0.873. The summed E-state index contributed by atoms with van der Waals surface area (Å²) in [6.45, 7) is 0. The minimum Gasteiger partial charge on any atom is -0.327 e. The summed E-state index contributed by atoms with van der Waals surface area (Å²) in [5.41, 5.74) is 5.08. The number of pyridine rings is 1. The van der Waals surface area contributed by atoms with Crippen LogP contribution in [0.1, 0.15) is 18.4 Å². The minimum atomic E-state index is -4.47. The lowest BCUT2D eigenvalue weighted by Crippen LogP contribution is -2.27. The first-order chi connectivity index (χ1) is 9.36. The second-order valence-corrected chi connectivity index (χ2v) is 5.52. The zero-order valence-corrected chi connectivity index (χ0v) is 10.5. The summed E-state index contributed by atoms with van der Waals surface area (Å²) < 4.78 is 37.7. The lowest BCUT2D eigenvalue weighted by Gasteiger charge is -2.14. The maximum absolute atomic E-state index is 12.6. The van der Waals surface area contributed by atoms with Crippen molar-refractivity contribution < 1.29 is 18.0 Å². The number of hydrogen-bond donors (Lipinski definition) is 2. The van der Waals surface area contributed by atoms with Gasteiger partial charge in [0.05, 0.1) is 17.4 Å². The Morgan fingerprint density at radius 1 is 1.30 bits per heavy atom. The number of fused-ring (bicyclic) bond motifs is 1. The molecular formula is C13H14F3N3O. The highest BCUT2D eigenvalue weighted by molar-refractivity contribution is 5.93. The van der Waals surface area contributed by atoms with Gasteiger partial charge < -0.3 is 11.1 Å². The monoisotopic (exact) mass is 285 g/mol. The standard InChI is InChI=1S/C13H14F3N3O/c14-13(15,16)6-1-7(5-18-4-6)19-12(20)10-3-11(17)9-2-8(9)10/h1,4-5,8-11H,2-3,17H2,(H,19,20)/t8-,9+,10-,11+/m0/s1. The van der Waals surface area contributed by atoms with Gasteiger partial charge in [-0.05, 0) is 30.7 Å². The van der Waals surface area contributed by atoms with Crippen molar-refractivity contribution in [3.05, 3.63) is 24.0 Å². The van der Waals surface area contributed by atoms with Crippen molar-refractivity contribution in [2.24, 2.45) is 23.5 Å². The fraction of sp³-hybridized carbons (Fsp3) is 0.538. The van der Waals surface area contributed by atoms with E-state index in [4.69, 9.17) is 5.73 Å². The van der Waals surface area contributed by atoms with Crippen LogP contribution in [0.2, 0.25) is 0 Å². The van der Waals surface area contributed by atoms with Crippen LogP contribution in [0.15, 0.2) is 18.5 Å². The molecule has 1 aromatic rings. The van der Waals surface area contributed by atoms with Gasteiger partial charge in [-0.3, -0.25) is 9.78 Å². The molecule has 0 saturated heterocycles. The molecule has 0 unspecified atom stereocenters. The Morgan fingerprint density at radius 3 is 2.60 bits per heavy atom. The number of amides is 1. The van der Waals surface area contributed by atoms with Gasteiger partial charge in [-0.2, -0.15) is 13.2 Å². The number of anilines is 1. The highest BCUT2D eigenvalue weighted by Gasteiger charge is 2.55. The van der Waals surface area contributed by atoms with Gasteiger partial charge in [-0.25, -0.2) is 0 Å². The molecule has 0 spiro atoms. The van der Waals surface area contributed by atoms with Crippen LogP contribution in [-0.4, -0.2) is 16.9 Å². The highest BCUT2D eigenvalue weighted by Crippen LogP contribution is 2.54. The molecule has 108 valence electrons. The third-order valence-corrected chi connectivity index (χ3v) is 4.15. The zero-order valence-electron chi connectivity index (χ0n) is 10.5. The number of aromatic nitrogens is 1. The molecule has 4 atom stereocenters. The summed E-state index contributed by atoms with van der Waals surface area (Å²) in [4.78, 5) is 15.6. The fourth-order valence-corrected chi connectivity index (χ4v) is 3.03. The van der Waals surface area contributed by atoms with Crippen LogP contribution in [0.25, 0.3) is 0 Å². The molecule has 0 radical (unpaired) electrons. The molecule has 2 aliphatic rings. The van der Waals surface area contributed by atoms with Crippen LogP contribution in [0.5, 0.6) is 0 Å². The Hall–Kier alpha value is -1.63. The van der Waals surface area contributed by atoms with E-state index in [1.54, 1.807) is 0 Å². The number of hydrogen-bond acceptors (Lipinski definition) is 3. The first-order valence-corrected chi connectivity index (χ1v) is 6.45. The van der Waals surface area contributed by atoms with Crippen LogP contribution >= 0.6 is 0 Å². The average Bonchev–Trinajstić information content (AvgIpc) is 3.09. The topological polar surface area (TPSA) is 68.0 Å². The van der Waals surface area contributed by atoms with Gasteiger partial charge >= 0.3 is 6.18 Å². The molecule has 0 aromatic carbocycles. The minimum absolute atomic E-state index is 0.0374. The van der Waals surface area contributed by atoms with Gasteiger partial charge in [0.25, 0.3) is 0 Å². The van der Waals surface area contributed by atoms with Crippen molar-refractivity contribution in [1.29, 1.82) is 0 Å². The summed E-state index contributed by atoms with van der Waals surface area (Å²) in [5.74, 6) is 0.255. The lowest BCUT2D eigenvalue weighted by molar-refractivity contribution is -0.137. The maximum Gasteiger partial charge on any atom is 0.417 e. The van der Waals surface area contributed by atoms with Crippen molar-refractivity contribution in [2.75, 3.05) is 5.32 Å². The molecule has 2 saturated carbocycles. The van der Waals surface area contributed by atoms with Crippen molar-refractivity contribution >= 4 is 11.6 Å². The number of carbonyl (C=O) groups is 1. The number of nitrogens with zero attached hydrogens (tertiary/aromatic N) is 1. The summed E-state index contributed by atoms with van der Waals surface area (Å²) in [5, 5.41) is 2.52. The second kappa shape index (κ2) is 4.44. The van der Waals surface area contributed by atoms with E-state index in [-0.39, 0.29) is 23.6 Å². The number of halogens is 3. The molecule has 4 nitrogen and oxygen atoms in total. The summed E-state index contributed by atoms with van der Waals surface area (Å²) >= 11 is 0. The second-order valence-electron chi connectivity index (χ2n) is 5.52. The molecule has 20 heavy (non-hydrogen) atoms. The lowest BCUT2D eigenvalue weighted by atomic mass is 10.0. The highest BCUT2D eigenvalue weighted by atomic mass is 19.4. The van der Waals surface area contributed by atoms with Gasteiger partial charge in [0.1, 0.15) is 0 Å². The molecule has 1 amide bonds. The summed E-state index contributed by atoms with van der Waals surface area (Å²) in [6.07, 6.45) is -0.969. The van der Waals surface area contributed by atoms with Crippen LogP contribution in [0.3, 0.4) is 0 Å². The molecular weight excluding hydrogens is 271 g/mol. The summed E-state index contributed by atoms with van der Waals surface area (Å²) in [7, 11) is 0. The first kappa shape index (κ1) is 13.4. The Morgan fingerprint density at radius 2 is 2.05 bits per heavy atom. The molecule has 1 aromatic heterocycles. The Balaban J connectivity index is 1.70. The van der Waals surface area contributed by atoms with E-state index < -0.39 is 11.7 Å². The number of alkyl halides is 3. The molecule has 2 aliphatic carbocycles. The van der Waals surface area contributed by atoms with E-state index in [1.807, 2.05) is 0 Å². The van der Waals surface area contributed by atoms with Crippen LogP contribution in [-0.2, 0) is 11.0 Å². The van der Waals surface area contributed by atoms with Gasteiger partial charge in [0, 0.05) is 18.2 Å². The molecule has 0 aliphatic heterocycles. The molecule has 3 N–H and O–H groups in total. The van der Waals surface area contributed by atoms with Crippen LogP contribution < -0.4 is 11.1 Å². The fourth-order valence-electron chi connectivity index (χ4n) is 3.03. The van der Waals surface area contributed by atoms with Crippen molar-refractivity contribution in [1.82, 2.24) is 4.98 Å². The molecule has 0 bridgehead atoms. The predicted octanol–water partition coefficient (Wildman–Crippen LogP) is 2.02. The number of nitrogens with two attached hydrogens (primary N) is 1. The third-order valence-electron chi connectivity index (χ3n) is 4.15. The molecule has 3 rings (SSSR count). The first-order valence-electron chi connectivity index (χ1n) is 6.45. The average molecular weight is 285 g/mol. The third kappa shape index (κ3) is 2.37. The number of nitrogens with one attached hydrogen (secondary N) is 1. The van der Waals surface area contributed by atoms with E-state index in [2.05, 4.69) is 10.3 Å². The Bertz CT molecular complexity index is 546. The van der Waals surface area contributed by atoms with Gasteiger partial charge in [0.15, 0.2) is 0 Å². The summed E-state index contributed by atoms with van der Waals surface area (Å²) in [6, 6.07) is 0.930. The maximum atomic E-state index is 12.6. The SMILES string of the molecule is N[C@@H]1C[C@H](C(=O)Nc2cncc(C(F)(F)F)c2)[C@H]2C[C@H]21. The van der Waals surface area contributed by atoms with Crippen molar-refractivity contribution in [2.45, 2.75) is 25.1 Å². The molecule has 7 heteroatoms. The number of carbonyl (C=O) groups excluding carboxylic acids is 1. The van der Waals surface area contributed by atoms with Gasteiger partial charge in [-0.1, -0.05) is 0 Å². The Kier molecular flexibility index (Phi) is 2.97. The van der Waals surface area contributed by atoms with E-state index >= 15 is 0 Å². The predicted molar refractivity (Wildman–Crippen MR) is 65.5 cm³/mol. The van der Waals surface area contributed by atoms with E-state index in [1.165, 1.54) is 6.20 Å². The normalized spacial score (nSPS) is 31.8. The van der Waals surface area contributed by atoms with Crippen molar-refractivity contribution in [3.8, 4) is 0 Å². The number of rotatable bonds is 2. The Labute approximate surface area is 113 Å². The van der Waals surface area contributed by atoms with E-state index in [0.29, 0.717) is 18.3 Å². The van der Waals surface area contributed by atoms with Crippen molar-refractivity contribution in [3.63, 3.8) is 0 Å². The smallest absolute Gasteiger partial charge is 0.327 e. The van der Waals surface area contributed by atoms with Gasteiger partial charge in [-0.15, -0.1) is 0 Å². The van der Waals surface area contributed by atoms with E-state index in [0.717, 1.165) is 18.7 Å². The van der Waals surface area contributed by atoms with Crippen LogP contribution in [0.4, 0.5) is 18.9 Å². The van der Waals surface area contributed by atoms with E-state index in [9.17, 15) is 18.0 Å². The largest absolute Gasteiger partial charge is 0.417 e.